The van der Waals surface area contributed by atoms with E-state index < -0.39 is 6.29 Å². The number of hydrogen-bond acceptors (Lipinski definition) is 2. The SMILES string of the molecule is CCOC(O)\C=C(C)/C=C/C=C(C)\C=C/C1=C(C)CCCC1(C)C. The summed E-state index contributed by atoms with van der Waals surface area (Å²) in [7, 11) is 0. The second-order valence-electron chi connectivity index (χ2n) is 7.29. The van der Waals surface area contributed by atoms with Crippen molar-refractivity contribution in [2.24, 2.45) is 5.41 Å². The Morgan fingerprint density at radius 2 is 1.96 bits per heavy atom. The average Bonchev–Trinajstić information content (AvgIpc) is 2.46. The third kappa shape index (κ3) is 7.02. The van der Waals surface area contributed by atoms with Crippen LogP contribution in [0.4, 0.5) is 0 Å². The van der Waals surface area contributed by atoms with E-state index >= 15 is 0 Å². The molecule has 1 atom stereocenters. The van der Waals surface area contributed by atoms with Gasteiger partial charge in [0, 0.05) is 6.61 Å². The molecule has 134 valence electrons. The predicted molar refractivity (Wildman–Crippen MR) is 104 cm³/mol. The van der Waals surface area contributed by atoms with Gasteiger partial charge in [-0.3, -0.25) is 0 Å². The van der Waals surface area contributed by atoms with Crippen molar-refractivity contribution < 1.29 is 9.84 Å². The molecule has 1 aliphatic rings. The molecular weight excluding hydrogens is 296 g/mol. The highest BCUT2D eigenvalue weighted by atomic mass is 16.6. The van der Waals surface area contributed by atoms with Crippen LogP contribution in [0.15, 0.2) is 58.7 Å². The number of hydrogen-bond donors (Lipinski definition) is 1. The Morgan fingerprint density at radius 1 is 1.25 bits per heavy atom. The van der Waals surface area contributed by atoms with Crippen LogP contribution in [0.1, 0.15) is 60.8 Å². The molecule has 0 saturated carbocycles. The van der Waals surface area contributed by atoms with Crippen molar-refractivity contribution in [2.75, 3.05) is 6.61 Å². The van der Waals surface area contributed by atoms with E-state index in [1.165, 1.54) is 36.0 Å². The number of allylic oxidation sites excluding steroid dienone is 9. The van der Waals surface area contributed by atoms with E-state index in [2.05, 4.69) is 45.9 Å². The van der Waals surface area contributed by atoms with Crippen LogP contribution in [0, 0.1) is 5.41 Å². The lowest BCUT2D eigenvalue weighted by molar-refractivity contribution is -0.0590. The molecule has 0 saturated heterocycles. The van der Waals surface area contributed by atoms with Crippen molar-refractivity contribution >= 4 is 0 Å². The van der Waals surface area contributed by atoms with Crippen molar-refractivity contribution in [3.05, 3.63) is 58.7 Å². The molecule has 0 bridgehead atoms. The monoisotopic (exact) mass is 330 g/mol. The lowest BCUT2D eigenvalue weighted by Gasteiger charge is -2.32. The molecule has 1 N–H and O–H groups in total. The number of aliphatic hydroxyl groups is 1. The Kier molecular flexibility index (Phi) is 8.44. The van der Waals surface area contributed by atoms with Gasteiger partial charge in [-0.1, -0.05) is 60.9 Å². The molecule has 0 radical (unpaired) electrons. The van der Waals surface area contributed by atoms with Gasteiger partial charge in [-0.25, -0.2) is 0 Å². The lowest BCUT2D eigenvalue weighted by atomic mass is 9.72. The topological polar surface area (TPSA) is 29.5 Å². The Labute approximate surface area is 148 Å². The minimum atomic E-state index is -0.826. The molecule has 1 unspecified atom stereocenters. The highest BCUT2D eigenvalue weighted by molar-refractivity contribution is 5.37. The van der Waals surface area contributed by atoms with Gasteiger partial charge in [0.25, 0.3) is 0 Å². The second-order valence-corrected chi connectivity index (χ2v) is 7.29. The molecule has 0 amide bonds. The molecule has 1 rings (SSSR count). The minimum Gasteiger partial charge on any atom is -0.365 e. The van der Waals surface area contributed by atoms with Crippen LogP contribution >= 0.6 is 0 Å². The molecule has 0 aromatic carbocycles. The van der Waals surface area contributed by atoms with E-state index in [4.69, 9.17) is 4.74 Å². The maximum absolute atomic E-state index is 9.57. The van der Waals surface area contributed by atoms with Crippen molar-refractivity contribution in [3.8, 4) is 0 Å². The molecule has 24 heavy (non-hydrogen) atoms. The Bertz CT molecular complexity index is 557. The summed E-state index contributed by atoms with van der Waals surface area (Å²) < 4.78 is 5.09. The van der Waals surface area contributed by atoms with E-state index in [0.29, 0.717) is 6.61 Å². The van der Waals surface area contributed by atoms with E-state index in [9.17, 15) is 5.11 Å². The zero-order valence-corrected chi connectivity index (χ0v) is 16.2. The highest BCUT2D eigenvalue weighted by Gasteiger charge is 2.26. The summed E-state index contributed by atoms with van der Waals surface area (Å²) in [6.45, 7) is 13.4. The van der Waals surface area contributed by atoms with Crippen LogP contribution in [0.5, 0.6) is 0 Å². The molecule has 0 aromatic heterocycles. The number of ether oxygens (including phenoxy) is 1. The van der Waals surface area contributed by atoms with Gasteiger partial charge in [-0.15, -0.1) is 0 Å². The van der Waals surface area contributed by atoms with Gasteiger partial charge in [0.15, 0.2) is 6.29 Å². The quantitative estimate of drug-likeness (QED) is 0.467. The minimum absolute atomic E-state index is 0.281. The van der Waals surface area contributed by atoms with Crippen LogP contribution in [0.25, 0.3) is 0 Å². The van der Waals surface area contributed by atoms with Gasteiger partial charge in [0.2, 0.25) is 0 Å². The fourth-order valence-corrected chi connectivity index (χ4v) is 3.13. The molecule has 0 fully saturated rings. The van der Waals surface area contributed by atoms with Crippen LogP contribution in [-0.2, 0) is 4.74 Å². The van der Waals surface area contributed by atoms with Crippen LogP contribution < -0.4 is 0 Å². The Hall–Kier alpha value is -1.38. The van der Waals surface area contributed by atoms with Crippen LogP contribution in [0.3, 0.4) is 0 Å². The van der Waals surface area contributed by atoms with Crippen molar-refractivity contribution in [2.45, 2.75) is 67.1 Å². The number of rotatable bonds is 7. The summed E-state index contributed by atoms with van der Waals surface area (Å²) in [6.07, 6.45) is 15.2. The predicted octanol–water partition coefficient (Wildman–Crippen LogP) is 5.87. The number of aliphatic hydroxyl groups excluding tert-OH is 1. The zero-order valence-electron chi connectivity index (χ0n) is 16.2. The molecule has 2 nitrogen and oxygen atoms in total. The van der Waals surface area contributed by atoms with Gasteiger partial charge in [0.1, 0.15) is 0 Å². The summed E-state index contributed by atoms with van der Waals surface area (Å²) in [5.41, 5.74) is 5.49. The first-order valence-electron chi connectivity index (χ1n) is 8.97. The van der Waals surface area contributed by atoms with Gasteiger partial charge < -0.3 is 9.84 Å². The average molecular weight is 331 g/mol. The van der Waals surface area contributed by atoms with Crippen molar-refractivity contribution in [1.82, 2.24) is 0 Å². The highest BCUT2D eigenvalue weighted by Crippen LogP contribution is 2.40. The van der Waals surface area contributed by atoms with Crippen LogP contribution in [-0.4, -0.2) is 18.0 Å². The molecule has 2 heteroatoms. The van der Waals surface area contributed by atoms with Gasteiger partial charge in [0.05, 0.1) is 0 Å². The Balaban J connectivity index is 2.72. The first-order valence-corrected chi connectivity index (χ1v) is 8.97. The van der Waals surface area contributed by atoms with E-state index in [1.54, 1.807) is 6.08 Å². The summed E-state index contributed by atoms with van der Waals surface area (Å²) in [4.78, 5) is 0. The lowest BCUT2D eigenvalue weighted by Crippen LogP contribution is -2.19. The standard InChI is InChI=1S/C22H34O2/c1-7-24-21(23)16-18(3)11-8-10-17(2)13-14-20-19(4)12-9-15-22(20,5)6/h8,10-11,13-14,16,21,23H,7,9,12,15H2,1-6H3/b11-8+,14-13-,17-10-,18-16-. The first kappa shape index (κ1) is 20.7. The Morgan fingerprint density at radius 3 is 2.58 bits per heavy atom. The third-order valence-electron chi connectivity index (χ3n) is 4.52. The van der Waals surface area contributed by atoms with Gasteiger partial charge in [-0.05, 0) is 64.0 Å². The van der Waals surface area contributed by atoms with E-state index in [1.807, 2.05) is 26.0 Å². The summed E-state index contributed by atoms with van der Waals surface area (Å²) in [6, 6.07) is 0. The van der Waals surface area contributed by atoms with Gasteiger partial charge >= 0.3 is 0 Å². The fourth-order valence-electron chi connectivity index (χ4n) is 3.13. The maximum atomic E-state index is 9.57. The van der Waals surface area contributed by atoms with Crippen molar-refractivity contribution in [1.29, 1.82) is 0 Å². The molecule has 0 spiro atoms. The van der Waals surface area contributed by atoms with Gasteiger partial charge in [-0.2, -0.15) is 0 Å². The largest absolute Gasteiger partial charge is 0.365 e. The van der Waals surface area contributed by atoms with Crippen molar-refractivity contribution in [3.63, 3.8) is 0 Å². The first-order chi connectivity index (χ1) is 11.3. The molecule has 0 heterocycles. The van der Waals surface area contributed by atoms with E-state index in [0.717, 1.165) is 5.57 Å². The third-order valence-corrected chi connectivity index (χ3v) is 4.52. The summed E-state index contributed by atoms with van der Waals surface area (Å²) in [5, 5.41) is 9.57. The molecule has 0 aliphatic heterocycles. The molecule has 0 aromatic rings. The summed E-state index contributed by atoms with van der Waals surface area (Å²) in [5.74, 6) is 0. The maximum Gasteiger partial charge on any atom is 0.174 e. The molecular formula is C22H34O2. The normalized spacial score (nSPS) is 21.1. The van der Waals surface area contributed by atoms with Crippen LogP contribution in [0.2, 0.25) is 0 Å². The smallest absolute Gasteiger partial charge is 0.174 e. The second kappa shape index (κ2) is 9.80. The summed E-state index contributed by atoms with van der Waals surface area (Å²) >= 11 is 0. The fraction of sp³-hybridized carbons (Fsp3) is 0.545. The molecule has 1 aliphatic carbocycles. The zero-order chi connectivity index (χ0) is 18.2. The van der Waals surface area contributed by atoms with E-state index in [-0.39, 0.29) is 5.41 Å².